The zero-order valence-electron chi connectivity index (χ0n) is 16.7. The van der Waals surface area contributed by atoms with E-state index in [1.807, 2.05) is 59.7 Å². The summed E-state index contributed by atoms with van der Waals surface area (Å²) in [6.45, 7) is 11.7. The van der Waals surface area contributed by atoms with E-state index >= 15 is 0 Å². The molecule has 144 valence electrons. The summed E-state index contributed by atoms with van der Waals surface area (Å²) in [7, 11) is 0. The SMILES string of the molecule is Cc1cccc(NC(=O)CNC(=O)CN(CC(C)C)C(=O)C(C)(C)C)c1. The van der Waals surface area contributed by atoms with Gasteiger partial charge >= 0.3 is 0 Å². The molecular weight excluding hydrogens is 330 g/mol. The summed E-state index contributed by atoms with van der Waals surface area (Å²) in [6.07, 6.45) is 0. The van der Waals surface area contributed by atoms with Crippen molar-refractivity contribution in [2.75, 3.05) is 25.0 Å². The van der Waals surface area contributed by atoms with Crippen LogP contribution in [0.15, 0.2) is 24.3 Å². The second-order valence-electron chi connectivity index (χ2n) is 8.02. The molecule has 0 atom stereocenters. The van der Waals surface area contributed by atoms with Crippen LogP contribution in [0.4, 0.5) is 5.69 Å². The molecular formula is C20H31N3O3. The molecule has 0 heterocycles. The summed E-state index contributed by atoms with van der Waals surface area (Å²) < 4.78 is 0. The summed E-state index contributed by atoms with van der Waals surface area (Å²) in [5, 5.41) is 5.32. The van der Waals surface area contributed by atoms with Gasteiger partial charge in [0.15, 0.2) is 0 Å². The maximum Gasteiger partial charge on any atom is 0.243 e. The Bertz CT molecular complexity index is 648. The number of hydrogen-bond acceptors (Lipinski definition) is 3. The maximum atomic E-state index is 12.5. The van der Waals surface area contributed by atoms with E-state index < -0.39 is 5.41 Å². The van der Waals surface area contributed by atoms with Crippen molar-refractivity contribution in [3.8, 4) is 0 Å². The minimum atomic E-state index is -0.558. The number of aryl methyl sites for hydroxylation is 1. The van der Waals surface area contributed by atoms with Gasteiger partial charge < -0.3 is 15.5 Å². The third kappa shape index (κ3) is 7.68. The molecule has 0 bridgehead atoms. The van der Waals surface area contributed by atoms with Crippen LogP contribution < -0.4 is 10.6 Å². The number of rotatable bonds is 7. The largest absolute Gasteiger partial charge is 0.345 e. The fourth-order valence-electron chi connectivity index (χ4n) is 2.47. The van der Waals surface area contributed by atoms with Gasteiger partial charge in [0.25, 0.3) is 0 Å². The number of carbonyl (C=O) groups is 3. The van der Waals surface area contributed by atoms with Crippen molar-refractivity contribution < 1.29 is 14.4 Å². The van der Waals surface area contributed by atoms with Crippen molar-refractivity contribution in [3.63, 3.8) is 0 Å². The van der Waals surface area contributed by atoms with Crippen LogP contribution in [0.25, 0.3) is 0 Å². The van der Waals surface area contributed by atoms with Gasteiger partial charge in [0.1, 0.15) is 0 Å². The molecule has 0 radical (unpaired) electrons. The molecule has 26 heavy (non-hydrogen) atoms. The molecule has 0 unspecified atom stereocenters. The Hall–Kier alpha value is -2.37. The van der Waals surface area contributed by atoms with Crippen LogP contribution in [-0.4, -0.2) is 42.3 Å². The molecule has 6 nitrogen and oxygen atoms in total. The number of nitrogens with one attached hydrogen (secondary N) is 2. The molecule has 0 fully saturated rings. The fraction of sp³-hybridized carbons (Fsp3) is 0.550. The number of nitrogens with zero attached hydrogens (tertiary/aromatic N) is 1. The number of carbonyl (C=O) groups excluding carboxylic acids is 3. The lowest BCUT2D eigenvalue weighted by molar-refractivity contribution is -0.143. The highest BCUT2D eigenvalue weighted by Crippen LogP contribution is 2.18. The zero-order valence-corrected chi connectivity index (χ0v) is 16.7. The Morgan fingerprint density at radius 2 is 1.77 bits per heavy atom. The quantitative estimate of drug-likeness (QED) is 0.783. The van der Waals surface area contributed by atoms with Gasteiger partial charge in [-0.2, -0.15) is 0 Å². The fourth-order valence-corrected chi connectivity index (χ4v) is 2.47. The molecule has 1 aromatic rings. The number of amides is 3. The average Bonchev–Trinajstić information content (AvgIpc) is 2.50. The van der Waals surface area contributed by atoms with Gasteiger partial charge in [-0.1, -0.05) is 46.8 Å². The van der Waals surface area contributed by atoms with E-state index in [9.17, 15) is 14.4 Å². The molecule has 3 amide bonds. The van der Waals surface area contributed by atoms with Gasteiger partial charge in [0.2, 0.25) is 17.7 Å². The first-order chi connectivity index (χ1) is 12.0. The Balaban J connectivity index is 2.56. The topological polar surface area (TPSA) is 78.5 Å². The summed E-state index contributed by atoms with van der Waals surface area (Å²) in [4.78, 5) is 38.2. The summed E-state index contributed by atoms with van der Waals surface area (Å²) >= 11 is 0. The second kappa shape index (κ2) is 9.36. The van der Waals surface area contributed by atoms with Crippen LogP contribution in [0, 0.1) is 18.3 Å². The van der Waals surface area contributed by atoms with E-state index in [-0.39, 0.29) is 36.7 Å². The van der Waals surface area contributed by atoms with Crippen molar-refractivity contribution in [2.45, 2.75) is 41.5 Å². The number of anilines is 1. The zero-order chi connectivity index (χ0) is 19.9. The Morgan fingerprint density at radius 1 is 1.12 bits per heavy atom. The van der Waals surface area contributed by atoms with Crippen molar-refractivity contribution >= 4 is 23.4 Å². The first-order valence-electron chi connectivity index (χ1n) is 8.91. The van der Waals surface area contributed by atoms with E-state index in [0.29, 0.717) is 12.2 Å². The second-order valence-corrected chi connectivity index (χ2v) is 8.02. The van der Waals surface area contributed by atoms with Gasteiger partial charge in [-0.25, -0.2) is 0 Å². The maximum absolute atomic E-state index is 12.5. The lowest BCUT2D eigenvalue weighted by atomic mass is 9.94. The van der Waals surface area contributed by atoms with Crippen LogP contribution in [-0.2, 0) is 14.4 Å². The van der Waals surface area contributed by atoms with Gasteiger partial charge in [-0.15, -0.1) is 0 Å². The van der Waals surface area contributed by atoms with Crippen molar-refractivity contribution in [2.24, 2.45) is 11.3 Å². The van der Waals surface area contributed by atoms with Crippen molar-refractivity contribution in [3.05, 3.63) is 29.8 Å². The van der Waals surface area contributed by atoms with E-state index in [1.54, 1.807) is 11.0 Å². The Kier molecular flexibility index (Phi) is 7.80. The molecule has 1 aromatic carbocycles. The molecule has 6 heteroatoms. The van der Waals surface area contributed by atoms with Crippen LogP contribution >= 0.6 is 0 Å². The minimum Gasteiger partial charge on any atom is -0.345 e. The third-order valence-corrected chi connectivity index (χ3v) is 3.60. The Morgan fingerprint density at radius 3 is 2.31 bits per heavy atom. The predicted molar refractivity (Wildman–Crippen MR) is 104 cm³/mol. The standard InChI is InChI=1S/C20H31N3O3/c1-14(2)12-23(19(26)20(4,5)6)13-18(25)21-11-17(24)22-16-9-7-8-15(3)10-16/h7-10,14H,11-13H2,1-6H3,(H,21,25)(H,22,24). The van der Waals surface area contributed by atoms with Gasteiger partial charge in [-0.05, 0) is 30.5 Å². The normalized spacial score (nSPS) is 11.2. The lowest BCUT2D eigenvalue weighted by Crippen LogP contribution is -2.47. The first-order valence-corrected chi connectivity index (χ1v) is 8.91. The molecule has 0 aliphatic rings. The predicted octanol–water partition coefficient (Wildman–Crippen LogP) is 2.58. The van der Waals surface area contributed by atoms with Gasteiger partial charge in [-0.3, -0.25) is 14.4 Å². The minimum absolute atomic E-state index is 0.0496. The van der Waals surface area contributed by atoms with Gasteiger partial charge in [0.05, 0.1) is 13.1 Å². The highest BCUT2D eigenvalue weighted by Gasteiger charge is 2.28. The molecule has 0 saturated heterocycles. The molecule has 0 aliphatic heterocycles. The molecule has 1 rings (SSSR count). The summed E-state index contributed by atoms with van der Waals surface area (Å²) in [6, 6.07) is 7.43. The molecule has 2 N–H and O–H groups in total. The monoisotopic (exact) mass is 361 g/mol. The molecule has 0 spiro atoms. The molecule has 0 saturated carbocycles. The van der Waals surface area contributed by atoms with Crippen LogP contribution in [0.1, 0.15) is 40.2 Å². The van der Waals surface area contributed by atoms with Gasteiger partial charge in [0, 0.05) is 17.6 Å². The molecule has 0 aliphatic carbocycles. The van der Waals surface area contributed by atoms with Crippen LogP contribution in [0.2, 0.25) is 0 Å². The first kappa shape index (κ1) is 21.7. The van der Waals surface area contributed by atoms with Crippen LogP contribution in [0.5, 0.6) is 0 Å². The summed E-state index contributed by atoms with van der Waals surface area (Å²) in [5.41, 5.74) is 1.17. The summed E-state index contributed by atoms with van der Waals surface area (Å²) in [5.74, 6) is -0.478. The highest BCUT2D eigenvalue weighted by atomic mass is 16.2. The lowest BCUT2D eigenvalue weighted by Gasteiger charge is -2.30. The van der Waals surface area contributed by atoms with E-state index in [1.165, 1.54) is 0 Å². The highest BCUT2D eigenvalue weighted by molar-refractivity contribution is 5.95. The number of hydrogen-bond donors (Lipinski definition) is 2. The van der Waals surface area contributed by atoms with E-state index in [2.05, 4.69) is 10.6 Å². The van der Waals surface area contributed by atoms with E-state index in [4.69, 9.17) is 0 Å². The molecule has 0 aromatic heterocycles. The average molecular weight is 361 g/mol. The van der Waals surface area contributed by atoms with Crippen molar-refractivity contribution in [1.29, 1.82) is 0 Å². The van der Waals surface area contributed by atoms with E-state index in [0.717, 1.165) is 5.56 Å². The third-order valence-electron chi connectivity index (χ3n) is 3.60. The number of benzene rings is 1. The van der Waals surface area contributed by atoms with Crippen LogP contribution in [0.3, 0.4) is 0 Å². The smallest absolute Gasteiger partial charge is 0.243 e. The Labute approximate surface area is 156 Å². The van der Waals surface area contributed by atoms with Crippen molar-refractivity contribution in [1.82, 2.24) is 10.2 Å².